The van der Waals surface area contributed by atoms with Gasteiger partial charge in [-0.25, -0.2) is 0 Å². The Morgan fingerprint density at radius 2 is 0.582 bits per heavy atom. The van der Waals surface area contributed by atoms with Crippen LogP contribution in [0.5, 0.6) is 0 Å². The molecule has 0 aromatic rings. The Kier molecular flexibility index (Phi) is 51.0. The van der Waals surface area contributed by atoms with Gasteiger partial charge in [0.15, 0.2) is 6.10 Å². The van der Waals surface area contributed by atoms with Crippen LogP contribution in [0.4, 0.5) is 0 Å². The predicted octanol–water partition coefficient (Wildman–Crippen LogP) is 18.1. The maximum atomic E-state index is 12.8. The third-order valence-corrected chi connectivity index (χ3v) is 11.0. The van der Waals surface area contributed by atoms with Gasteiger partial charge in [-0.05, 0) is 109 Å². The van der Waals surface area contributed by atoms with Crippen LogP contribution in [-0.4, -0.2) is 37.2 Å². The molecule has 0 aromatic heterocycles. The molecule has 0 saturated heterocycles. The molecule has 0 aliphatic carbocycles. The first kappa shape index (κ1) is 62.8. The Hall–Kier alpha value is -4.19. The third kappa shape index (κ3) is 52.6. The molecule has 0 bridgehead atoms. The van der Waals surface area contributed by atoms with E-state index in [4.69, 9.17) is 14.2 Å². The second kappa shape index (κ2) is 54.4. The van der Waals surface area contributed by atoms with E-state index in [0.717, 1.165) is 148 Å². The molecule has 0 spiro atoms. The lowest BCUT2D eigenvalue weighted by Gasteiger charge is -2.18. The summed E-state index contributed by atoms with van der Waals surface area (Å²) in [4.78, 5) is 37.9. The molecule has 6 heteroatoms. The Bertz CT molecular complexity index is 1440. The minimum absolute atomic E-state index is 0.0978. The van der Waals surface area contributed by atoms with E-state index in [0.29, 0.717) is 19.3 Å². The number of unbranched alkanes of at least 4 members (excludes halogenated alkanes) is 16. The van der Waals surface area contributed by atoms with Crippen LogP contribution in [0.1, 0.15) is 226 Å². The van der Waals surface area contributed by atoms with Crippen LogP contribution < -0.4 is 0 Å². The molecule has 0 aliphatic rings. The van der Waals surface area contributed by atoms with Gasteiger partial charge in [0.2, 0.25) is 0 Å². The van der Waals surface area contributed by atoms with Gasteiger partial charge in [0.1, 0.15) is 13.2 Å². The smallest absolute Gasteiger partial charge is 0.306 e. The minimum Gasteiger partial charge on any atom is -0.462 e. The van der Waals surface area contributed by atoms with E-state index in [1.54, 1.807) is 0 Å². The van der Waals surface area contributed by atoms with Gasteiger partial charge in [-0.15, -0.1) is 0 Å². The molecule has 0 fully saturated rings. The normalized spacial score (nSPS) is 13.1. The van der Waals surface area contributed by atoms with E-state index in [1.165, 1.54) is 38.5 Å². The van der Waals surface area contributed by atoms with Gasteiger partial charge >= 0.3 is 17.9 Å². The van der Waals surface area contributed by atoms with Crippen LogP contribution in [-0.2, 0) is 28.6 Å². The number of carbonyl (C=O) groups is 3. The largest absolute Gasteiger partial charge is 0.462 e. The molecule has 0 radical (unpaired) electrons. The second-order valence-corrected chi connectivity index (χ2v) is 17.4. The lowest BCUT2D eigenvalue weighted by molar-refractivity contribution is -0.167. The number of rotatable bonds is 47. The van der Waals surface area contributed by atoms with E-state index in [1.807, 2.05) is 0 Å². The minimum atomic E-state index is -0.802. The van der Waals surface area contributed by atoms with Gasteiger partial charge in [-0.1, -0.05) is 219 Å². The van der Waals surface area contributed by atoms with Crippen molar-refractivity contribution in [1.29, 1.82) is 0 Å². The summed E-state index contributed by atoms with van der Waals surface area (Å²) in [6.07, 6.45) is 74.8. The van der Waals surface area contributed by atoms with Crippen molar-refractivity contribution in [3.8, 4) is 0 Å². The summed E-state index contributed by atoms with van der Waals surface area (Å²) in [5.74, 6) is -0.958. The number of carbonyl (C=O) groups excluding carboxylic acids is 3. The molecule has 0 aliphatic heterocycles. The van der Waals surface area contributed by atoms with Gasteiger partial charge in [0.25, 0.3) is 0 Å². The van der Waals surface area contributed by atoms with E-state index in [9.17, 15) is 14.4 Å². The van der Waals surface area contributed by atoms with Crippen molar-refractivity contribution in [3.63, 3.8) is 0 Å². The van der Waals surface area contributed by atoms with Gasteiger partial charge in [-0.3, -0.25) is 14.4 Å². The Balaban J connectivity index is 4.39. The number of hydrogen-bond donors (Lipinski definition) is 0. The van der Waals surface area contributed by atoms with Crippen LogP contribution in [0.15, 0.2) is 122 Å². The highest BCUT2D eigenvalue weighted by Gasteiger charge is 2.19. The average Bonchev–Trinajstić information content (AvgIpc) is 3.33. The zero-order valence-electron chi connectivity index (χ0n) is 43.1. The highest BCUT2D eigenvalue weighted by atomic mass is 16.6. The van der Waals surface area contributed by atoms with E-state index < -0.39 is 6.10 Å². The summed E-state index contributed by atoms with van der Waals surface area (Å²) in [5, 5.41) is 0. The molecular weight excluding hydrogens is 829 g/mol. The first-order valence-electron chi connectivity index (χ1n) is 27.0. The fraction of sp³-hybridized carbons (Fsp3) is 0.623. The zero-order chi connectivity index (χ0) is 48.6. The number of allylic oxidation sites excluding steroid dienone is 20. The Morgan fingerprint density at radius 1 is 0.313 bits per heavy atom. The molecule has 0 N–H and O–H groups in total. The SMILES string of the molecule is CC/C=C\C/C=C\C/C=C\C/C=C\C/C=C\C/C=C\C/C=C\CCCCCC(=O)OCC(COC(=O)CCCCCCCCCCC)OC(=O)CCCCCCC/C=C\C/C=C\C/C=C\CC. The van der Waals surface area contributed by atoms with Crippen LogP contribution in [0, 0.1) is 0 Å². The predicted molar refractivity (Wildman–Crippen MR) is 288 cm³/mol. The molecule has 0 saturated carbocycles. The summed E-state index contributed by atoms with van der Waals surface area (Å²) < 4.78 is 16.7. The van der Waals surface area contributed by atoms with Crippen LogP contribution in [0.2, 0.25) is 0 Å². The molecular formula is C61H98O6. The fourth-order valence-electron chi connectivity index (χ4n) is 6.96. The van der Waals surface area contributed by atoms with Crippen molar-refractivity contribution in [1.82, 2.24) is 0 Å². The molecule has 1 unspecified atom stereocenters. The second-order valence-electron chi connectivity index (χ2n) is 17.4. The van der Waals surface area contributed by atoms with Crippen LogP contribution >= 0.6 is 0 Å². The number of ether oxygens (including phenoxy) is 3. The van der Waals surface area contributed by atoms with Crippen molar-refractivity contribution >= 4 is 17.9 Å². The topological polar surface area (TPSA) is 78.9 Å². The van der Waals surface area contributed by atoms with E-state index >= 15 is 0 Å². The molecule has 1 atom stereocenters. The summed E-state index contributed by atoms with van der Waals surface area (Å²) in [7, 11) is 0. The van der Waals surface area contributed by atoms with Gasteiger partial charge in [-0.2, -0.15) is 0 Å². The highest BCUT2D eigenvalue weighted by Crippen LogP contribution is 2.13. The summed E-state index contributed by atoms with van der Waals surface area (Å²) in [5.41, 5.74) is 0. The molecule has 0 rings (SSSR count). The quantitative estimate of drug-likeness (QED) is 0.0262. The van der Waals surface area contributed by atoms with E-state index in [2.05, 4.69) is 142 Å². The number of hydrogen-bond acceptors (Lipinski definition) is 6. The molecule has 0 heterocycles. The number of esters is 3. The first-order chi connectivity index (χ1) is 33.0. The Labute approximate surface area is 412 Å². The summed E-state index contributed by atoms with van der Waals surface area (Å²) in [6.45, 7) is 6.33. The lowest BCUT2D eigenvalue weighted by Crippen LogP contribution is -2.30. The molecule has 378 valence electrons. The van der Waals surface area contributed by atoms with Crippen LogP contribution in [0.3, 0.4) is 0 Å². The molecule has 6 nitrogen and oxygen atoms in total. The first-order valence-corrected chi connectivity index (χ1v) is 27.0. The van der Waals surface area contributed by atoms with E-state index in [-0.39, 0.29) is 31.1 Å². The van der Waals surface area contributed by atoms with Crippen molar-refractivity contribution in [2.24, 2.45) is 0 Å². The molecule has 0 aromatic carbocycles. The zero-order valence-corrected chi connectivity index (χ0v) is 43.1. The fourth-order valence-corrected chi connectivity index (χ4v) is 6.96. The van der Waals surface area contributed by atoms with Crippen molar-refractivity contribution in [2.45, 2.75) is 232 Å². The van der Waals surface area contributed by atoms with Gasteiger partial charge < -0.3 is 14.2 Å². The van der Waals surface area contributed by atoms with Crippen LogP contribution in [0.25, 0.3) is 0 Å². The maximum absolute atomic E-state index is 12.8. The van der Waals surface area contributed by atoms with Crippen molar-refractivity contribution in [2.75, 3.05) is 13.2 Å². The Morgan fingerprint density at radius 3 is 0.925 bits per heavy atom. The lowest BCUT2D eigenvalue weighted by atomic mass is 10.1. The van der Waals surface area contributed by atoms with Crippen molar-refractivity contribution in [3.05, 3.63) is 122 Å². The average molecular weight is 927 g/mol. The summed E-state index contributed by atoms with van der Waals surface area (Å²) >= 11 is 0. The highest BCUT2D eigenvalue weighted by molar-refractivity contribution is 5.71. The molecule has 0 amide bonds. The third-order valence-electron chi connectivity index (χ3n) is 11.0. The maximum Gasteiger partial charge on any atom is 0.306 e. The standard InChI is InChI=1S/C61H98O6/c1-4-7-10-13-16-19-21-23-25-26-27-28-29-30-31-32-33-34-36-37-39-42-45-48-51-54-60(63)66-57-58(56-65-59(62)53-50-47-44-41-18-15-12-9-6-3)67-61(64)55-52-49-46-43-40-38-35-24-22-20-17-14-11-8-5-2/h7-8,10-11,16-17,19-20,23-25,27-28,30-31,33-35,37,39,58H,4-6,9,12-15,18,21-22,26,29,32,36,38,40-57H2,1-3H3/b10-7-,11-8-,19-16-,20-17-,25-23-,28-27-,31-30-,34-33-,35-24-,39-37-. The van der Waals surface area contributed by atoms with Gasteiger partial charge in [0.05, 0.1) is 0 Å². The molecule has 67 heavy (non-hydrogen) atoms. The van der Waals surface area contributed by atoms with Crippen molar-refractivity contribution < 1.29 is 28.6 Å². The van der Waals surface area contributed by atoms with Gasteiger partial charge in [0, 0.05) is 19.3 Å². The monoisotopic (exact) mass is 927 g/mol. The summed E-state index contributed by atoms with van der Waals surface area (Å²) in [6, 6.07) is 0.